The second-order valence-electron chi connectivity index (χ2n) is 5.11. The largest absolute Gasteiger partial charge is 0.478 e. The van der Waals surface area contributed by atoms with E-state index in [0.29, 0.717) is 16.4 Å². The molecule has 126 valence electrons. The minimum atomic E-state index is -1.03. The standard InChI is InChI=1S/C18H14ClN3O3/c1-11-2-5-14(19)8-16(11)22-17(23)13(9-20)10-21-15-6-3-12(4-7-15)18(24)25/h2-8,10,21H,1H3,(H,22,23)(H,24,25)/b13-10-. The Morgan fingerprint density at radius 3 is 2.48 bits per heavy atom. The number of carboxylic acids is 1. The average molecular weight is 356 g/mol. The molecule has 3 N–H and O–H groups in total. The number of anilines is 2. The molecule has 0 saturated carbocycles. The van der Waals surface area contributed by atoms with Crippen LogP contribution in [0, 0.1) is 18.3 Å². The summed E-state index contributed by atoms with van der Waals surface area (Å²) in [7, 11) is 0. The van der Waals surface area contributed by atoms with E-state index < -0.39 is 11.9 Å². The molecule has 0 bridgehead atoms. The van der Waals surface area contributed by atoms with Crippen LogP contribution in [0.15, 0.2) is 54.2 Å². The predicted molar refractivity (Wildman–Crippen MR) is 95.5 cm³/mol. The van der Waals surface area contributed by atoms with Gasteiger partial charge in [0.25, 0.3) is 5.91 Å². The maximum absolute atomic E-state index is 12.2. The van der Waals surface area contributed by atoms with Crippen LogP contribution in [0.5, 0.6) is 0 Å². The number of carbonyl (C=O) groups is 2. The summed E-state index contributed by atoms with van der Waals surface area (Å²) in [5.74, 6) is -1.61. The summed E-state index contributed by atoms with van der Waals surface area (Å²) in [6, 6.07) is 12.8. The highest BCUT2D eigenvalue weighted by Gasteiger charge is 2.11. The minimum Gasteiger partial charge on any atom is -0.478 e. The van der Waals surface area contributed by atoms with Crippen molar-refractivity contribution in [3.63, 3.8) is 0 Å². The number of hydrogen-bond donors (Lipinski definition) is 3. The van der Waals surface area contributed by atoms with E-state index in [1.165, 1.54) is 30.5 Å². The van der Waals surface area contributed by atoms with Gasteiger partial charge in [0.05, 0.1) is 5.56 Å². The molecule has 7 heteroatoms. The lowest BCUT2D eigenvalue weighted by Gasteiger charge is -2.08. The maximum atomic E-state index is 12.2. The van der Waals surface area contributed by atoms with E-state index in [1.807, 2.05) is 13.0 Å². The molecule has 0 heterocycles. The summed E-state index contributed by atoms with van der Waals surface area (Å²) in [5.41, 5.74) is 1.88. The van der Waals surface area contributed by atoms with Gasteiger partial charge in [-0.2, -0.15) is 5.26 Å². The number of amides is 1. The summed E-state index contributed by atoms with van der Waals surface area (Å²) in [6.07, 6.45) is 1.25. The van der Waals surface area contributed by atoms with Crippen molar-refractivity contribution < 1.29 is 14.7 Å². The number of halogens is 1. The predicted octanol–water partition coefficient (Wildman–Crippen LogP) is 3.80. The van der Waals surface area contributed by atoms with Gasteiger partial charge in [-0.1, -0.05) is 17.7 Å². The van der Waals surface area contributed by atoms with Gasteiger partial charge in [-0.25, -0.2) is 4.79 Å². The van der Waals surface area contributed by atoms with E-state index in [9.17, 15) is 14.9 Å². The third-order valence-electron chi connectivity index (χ3n) is 3.33. The summed E-state index contributed by atoms with van der Waals surface area (Å²) >= 11 is 5.90. The van der Waals surface area contributed by atoms with Gasteiger partial charge < -0.3 is 15.7 Å². The van der Waals surface area contributed by atoms with Gasteiger partial charge in [-0.15, -0.1) is 0 Å². The Labute approximate surface area is 149 Å². The second kappa shape index (κ2) is 7.99. The molecule has 0 aliphatic carbocycles. The van der Waals surface area contributed by atoms with Gasteiger partial charge in [0.15, 0.2) is 0 Å². The molecule has 2 aromatic rings. The minimum absolute atomic E-state index is 0.137. The highest BCUT2D eigenvalue weighted by atomic mass is 35.5. The Bertz CT molecular complexity index is 883. The van der Waals surface area contributed by atoms with Gasteiger partial charge in [0, 0.05) is 22.6 Å². The average Bonchev–Trinajstić information content (AvgIpc) is 2.59. The molecule has 25 heavy (non-hydrogen) atoms. The first-order chi connectivity index (χ1) is 11.9. The number of nitrogens with one attached hydrogen (secondary N) is 2. The second-order valence-corrected chi connectivity index (χ2v) is 5.55. The van der Waals surface area contributed by atoms with Gasteiger partial charge >= 0.3 is 5.97 Å². The van der Waals surface area contributed by atoms with Crippen LogP contribution < -0.4 is 10.6 Å². The monoisotopic (exact) mass is 355 g/mol. The van der Waals surface area contributed by atoms with Crippen LogP contribution in [-0.2, 0) is 4.79 Å². The number of rotatable bonds is 5. The number of hydrogen-bond acceptors (Lipinski definition) is 4. The number of nitrogens with zero attached hydrogens (tertiary/aromatic N) is 1. The first-order valence-corrected chi connectivity index (χ1v) is 7.56. The molecule has 2 rings (SSSR count). The van der Waals surface area contributed by atoms with Crippen molar-refractivity contribution in [2.45, 2.75) is 6.92 Å². The van der Waals surface area contributed by atoms with Crippen LogP contribution in [0.1, 0.15) is 15.9 Å². The van der Waals surface area contributed by atoms with Gasteiger partial charge in [-0.05, 0) is 48.9 Å². The zero-order chi connectivity index (χ0) is 18.4. The number of aromatic carboxylic acids is 1. The van der Waals surface area contributed by atoms with Crippen molar-refractivity contribution in [1.29, 1.82) is 5.26 Å². The lowest BCUT2D eigenvalue weighted by molar-refractivity contribution is -0.112. The highest BCUT2D eigenvalue weighted by Crippen LogP contribution is 2.20. The number of aryl methyl sites for hydroxylation is 1. The Morgan fingerprint density at radius 2 is 1.88 bits per heavy atom. The third kappa shape index (κ3) is 4.83. The van der Waals surface area contributed by atoms with E-state index in [2.05, 4.69) is 10.6 Å². The van der Waals surface area contributed by atoms with Crippen LogP contribution in [0.2, 0.25) is 5.02 Å². The van der Waals surface area contributed by atoms with Crippen LogP contribution in [0.4, 0.5) is 11.4 Å². The van der Waals surface area contributed by atoms with Crippen LogP contribution >= 0.6 is 11.6 Å². The molecule has 0 unspecified atom stereocenters. The lowest BCUT2D eigenvalue weighted by atomic mass is 10.2. The van der Waals surface area contributed by atoms with E-state index in [-0.39, 0.29) is 11.1 Å². The molecule has 0 spiro atoms. The first kappa shape index (κ1) is 18.0. The van der Waals surface area contributed by atoms with Crippen molar-refractivity contribution in [2.75, 3.05) is 10.6 Å². The quantitative estimate of drug-likeness (QED) is 0.559. The molecule has 0 atom stereocenters. The molecular formula is C18H14ClN3O3. The molecule has 0 aliphatic heterocycles. The fourth-order valence-corrected chi connectivity index (χ4v) is 2.10. The van der Waals surface area contributed by atoms with Gasteiger partial charge in [0.2, 0.25) is 0 Å². The number of carbonyl (C=O) groups excluding carboxylic acids is 1. The van der Waals surface area contributed by atoms with Crippen LogP contribution in [0.25, 0.3) is 0 Å². The molecule has 6 nitrogen and oxygen atoms in total. The Morgan fingerprint density at radius 1 is 1.20 bits per heavy atom. The molecule has 0 radical (unpaired) electrons. The Kier molecular flexibility index (Phi) is 5.77. The summed E-state index contributed by atoms with van der Waals surface area (Å²) in [4.78, 5) is 23.0. The van der Waals surface area contributed by atoms with Gasteiger partial charge in [0.1, 0.15) is 11.6 Å². The lowest BCUT2D eigenvalue weighted by Crippen LogP contribution is -2.15. The smallest absolute Gasteiger partial charge is 0.335 e. The number of carboxylic acid groups (broad SMARTS) is 1. The first-order valence-electron chi connectivity index (χ1n) is 7.18. The Balaban J connectivity index is 2.11. The van der Waals surface area contributed by atoms with Crippen molar-refractivity contribution in [1.82, 2.24) is 0 Å². The Hall–Kier alpha value is -3.30. The van der Waals surface area contributed by atoms with E-state index in [0.717, 1.165) is 5.56 Å². The molecule has 0 aromatic heterocycles. The van der Waals surface area contributed by atoms with Crippen LogP contribution in [-0.4, -0.2) is 17.0 Å². The van der Waals surface area contributed by atoms with E-state index >= 15 is 0 Å². The molecule has 1 amide bonds. The summed E-state index contributed by atoms with van der Waals surface area (Å²) < 4.78 is 0. The number of benzene rings is 2. The zero-order valence-corrected chi connectivity index (χ0v) is 14.0. The highest BCUT2D eigenvalue weighted by molar-refractivity contribution is 6.31. The van der Waals surface area contributed by atoms with Crippen molar-refractivity contribution in [3.8, 4) is 6.07 Å². The molecule has 0 fully saturated rings. The van der Waals surface area contributed by atoms with Crippen LogP contribution in [0.3, 0.4) is 0 Å². The van der Waals surface area contributed by atoms with Crippen molar-refractivity contribution in [3.05, 3.63) is 70.4 Å². The number of nitriles is 1. The summed E-state index contributed by atoms with van der Waals surface area (Å²) in [5, 5.41) is 23.9. The zero-order valence-electron chi connectivity index (χ0n) is 13.2. The topological polar surface area (TPSA) is 102 Å². The van der Waals surface area contributed by atoms with Crippen molar-refractivity contribution in [2.24, 2.45) is 0 Å². The normalized spacial score (nSPS) is 10.7. The molecule has 2 aromatic carbocycles. The van der Waals surface area contributed by atoms with Crippen molar-refractivity contribution >= 4 is 34.9 Å². The SMILES string of the molecule is Cc1ccc(Cl)cc1NC(=O)/C(C#N)=C\Nc1ccc(C(=O)O)cc1. The fourth-order valence-electron chi connectivity index (χ4n) is 1.93. The molecular weight excluding hydrogens is 342 g/mol. The van der Waals surface area contributed by atoms with E-state index in [1.54, 1.807) is 18.2 Å². The maximum Gasteiger partial charge on any atom is 0.335 e. The fraction of sp³-hybridized carbons (Fsp3) is 0.0556. The molecule has 0 aliphatic rings. The van der Waals surface area contributed by atoms with E-state index in [4.69, 9.17) is 16.7 Å². The van der Waals surface area contributed by atoms with Gasteiger partial charge in [-0.3, -0.25) is 4.79 Å². The summed E-state index contributed by atoms with van der Waals surface area (Å²) in [6.45, 7) is 1.81. The molecule has 0 saturated heterocycles. The third-order valence-corrected chi connectivity index (χ3v) is 3.56.